The second-order valence-corrected chi connectivity index (χ2v) is 10.8. The van der Waals surface area contributed by atoms with E-state index in [0.717, 1.165) is 16.7 Å². The van der Waals surface area contributed by atoms with Crippen LogP contribution in [0.4, 0.5) is 0 Å². The molecule has 1 fully saturated rings. The van der Waals surface area contributed by atoms with Crippen LogP contribution < -0.4 is 9.47 Å². The zero-order chi connectivity index (χ0) is 28.8. The first-order chi connectivity index (χ1) is 19.2. The summed E-state index contributed by atoms with van der Waals surface area (Å²) in [5.74, 6) is 0.245. The zero-order valence-corrected chi connectivity index (χ0v) is 23.9. The molecule has 1 amide bonds. The Morgan fingerprint density at radius 3 is 2.25 bits per heavy atom. The fourth-order valence-corrected chi connectivity index (χ4v) is 4.65. The number of nitrogens with zero attached hydrogens (tertiary/aromatic N) is 2. The molecule has 1 N–H and O–H groups in total. The summed E-state index contributed by atoms with van der Waals surface area (Å²) < 4.78 is 11.8. The average molecular weight is 543 g/mol. The average Bonchev–Trinajstić information content (AvgIpc) is 3.19. The number of likely N-dealkylation sites (tertiary alicyclic amines) is 1. The van der Waals surface area contributed by atoms with Crippen molar-refractivity contribution in [1.82, 2.24) is 9.80 Å². The van der Waals surface area contributed by atoms with Gasteiger partial charge in [0.05, 0.1) is 18.2 Å². The van der Waals surface area contributed by atoms with Crippen molar-refractivity contribution in [2.45, 2.75) is 33.4 Å². The highest BCUT2D eigenvalue weighted by molar-refractivity contribution is 6.46. The number of aliphatic hydroxyl groups is 1. The lowest BCUT2D eigenvalue weighted by Gasteiger charge is -2.27. The molecule has 3 aromatic carbocycles. The van der Waals surface area contributed by atoms with Gasteiger partial charge in [0.15, 0.2) is 0 Å². The van der Waals surface area contributed by atoms with Crippen molar-refractivity contribution in [2.24, 2.45) is 5.92 Å². The summed E-state index contributed by atoms with van der Waals surface area (Å²) in [6.07, 6.45) is 0. The van der Waals surface area contributed by atoms with E-state index >= 15 is 0 Å². The Morgan fingerprint density at radius 2 is 1.62 bits per heavy atom. The largest absolute Gasteiger partial charge is 0.507 e. The molecule has 1 aliphatic rings. The lowest BCUT2D eigenvalue weighted by molar-refractivity contribution is -0.140. The van der Waals surface area contributed by atoms with E-state index in [0.29, 0.717) is 49.3 Å². The maximum absolute atomic E-state index is 13.4. The van der Waals surface area contributed by atoms with Crippen molar-refractivity contribution in [1.29, 1.82) is 0 Å². The van der Waals surface area contributed by atoms with Gasteiger partial charge in [-0.3, -0.25) is 9.59 Å². The highest BCUT2D eigenvalue weighted by Gasteiger charge is 2.46. The number of carbonyl (C=O) groups excluding carboxylic acids is 2. The van der Waals surface area contributed by atoms with Crippen molar-refractivity contribution < 1.29 is 24.2 Å². The maximum Gasteiger partial charge on any atom is 0.295 e. The summed E-state index contributed by atoms with van der Waals surface area (Å²) in [6, 6.07) is 21.9. The van der Waals surface area contributed by atoms with Crippen LogP contribution >= 0.6 is 0 Å². The molecule has 4 rings (SSSR count). The molecule has 0 spiro atoms. The molecule has 7 heteroatoms. The third-order valence-electron chi connectivity index (χ3n) is 6.81. The van der Waals surface area contributed by atoms with Crippen LogP contribution in [0.1, 0.15) is 42.1 Å². The van der Waals surface area contributed by atoms with Gasteiger partial charge in [0.1, 0.15) is 23.9 Å². The second-order valence-electron chi connectivity index (χ2n) is 10.8. The Bertz CT molecular complexity index is 1360. The molecule has 210 valence electrons. The predicted octanol–water partition coefficient (Wildman–Crippen LogP) is 5.59. The number of likely N-dealkylation sites (N-methyl/N-ethyl adjacent to an activating group) is 1. The number of rotatable bonds is 11. The summed E-state index contributed by atoms with van der Waals surface area (Å²) in [6.45, 7) is 7.92. The molecule has 0 bridgehead atoms. The van der Waals surface area contributed by atoms with E-state index in [1.807, 2.05) is 86.6 Å². The Morgan fingerprint density at radius 1 is 0.950 bits per heavy atom. The minimum atomic E-state index is -0.723. The predicted molar refractivity (Wildman–Crippen MR) is 156 cm³/mol. The van der Waals surface area contributed by atoms with Crippen LogP contribution in [0.15, 0.2) is 78.4 Å². The van der Waals surface area contributed by atoms with E-state index in [2.05, 4.69) is 13.8 Å². The highest BCUT2D eigenvalue weighted by Crippen LogP contribution is 2.40. The lowest BCUT2D eigenvalue weighted by Crippen LogP contribution is -2.35. The number of hydrogen-bond acceptors (Lipinski definition) is 6. The fraction of sp³-hybridized carbons (Fsp3) is 0.333. The summed E-state index contributed by atoms with van der Waals surface area (Å²) in [7, 11) is 3.83. The van der Waals surface area contributed by atoms with Gasteiger partial charge in [0, 0.05) is 18.7 Å². The summed E-state index contributed by atoms with van der Waals surface area (Å²) >= 11 is 0. The van der Waals surface area contributed by atoms with Crippen molar-refractivity contribution in [3.8, 4) is 11.5 Å². The second kappa shape index (κ2) is 12.8. The smallest absolute Gasteiger partial charge is 0.295 e. The molecule has 0 saturated carbocycles. The Balaban J connectivity index is 1.68. The number of benzene rings is 3. The molecule has 1 aliphatic heterocycles. The van der Waals surface area contributed by atoms with Gasteiger partial charge in [-0.05, 0) is 74.0 Å². The van der Waals surface area contributed by atoms with Crippen LogP contribution in [0.3, 0.4) is 0 Å². The van der Waals surface area contributed by atoms with E-state index < -0.39 is 17.7 Å². The number of carbonyl (C=O) groups is 2. The number of aryl methyl sites for hydroxylation is 1. The van der Waals surface area contributed by atoms with E-state index in [1.54, 1.807) is 17.0 Å². The summed E-state index contributed by atoms with van der Waals surface area (Å²) in [4.78, 5) is 30.1. The topological polar surface area (TPSA) is 79.3 Å². The molecule has 1 unspecified atom stereocenters. The molecule has 1 heterocycles. The zero-order valence-electron chi connectivity index (χ0n) is 23.9. The number of amides is 1. The number of Topliss-reactive ketones (excluding diaryl/α,β-unsaturated/α-hetero) is 1. The van der Waals surface area contributed by atoms with E-state index in [9.17, 15) is 14.7 Å². The van der Waals surface area contributed by atoms with Crippen molar-refractivity contribution in [3.05, 3.63) is 101 Å². The third kappa shape index (κ3) is 6.72. The van der Waals surface area contributed by atoms with E-state index in [1.165, 1.54) is 0 Å². The summed E-state index contributed by atoms with van der Waals surface area (Å²) in [5.41, 5.74) is 3.11. The van der Waals surface area contributed by atoms with Gasteiger partial charge < -0.3 is 24.4 Å². The molecule has 7 nitrogen and oxygen atoms in total. The first kappa shape index (κ1) is 28.9. The van der Waals surface area contributed by atoms with Crippen molar-refractivity contribution in [2.75, 3.05) is 33.8 Å². The molecule has 3 aromatic rings. The number of hydrogen-bond donors (Lipinski definition) is 1. The van der Waals surface area contributed by atoms with Crippen LogP contribution in [-0.2, 0) is 16.2 Å². The standard InChI is InChI=1S/C33H38N2O5/c1-22(2)20-39-27-15-16-28(23(3)19-27)31(36)29-30(35(18-17-34(4)5)33(38)32(29)37)25-11-13-26(14-12-25)40-21-24-9-7-6-8-10-24/h6-16,19,22,30,36H,17-18,20-21H2,1-5H3/b31-29+. The van der Waals surface area contributed by atoms with E-state index in [-0.39, 0.29) is 11.3 Å². The SMILES string of the molecule is Cc1cc(OCC(C)C)ccc1/C(O)=C1\C(=O)C(=O)N(CCN(C)C)C1c1ccc(OCc2ccccc2)cc1. The van der Waals surface area contributed by atoms with Crippen LogP contribution in [0.5, 0.6) is 11.5 Å². The quantitative estimate of drug-likeness (QED) is 0.193. The number of ether oxygens (including phenoxy) is 2. The highest BCUT2D eigenvalue weighted by atomic mass is 16.5. The van der Waals surface area contributed by atoms with Crippen LogP contribution in [0, 0.1) is 12.8 Å². The summed E-state index contributed by atoms with van der Waals surface area (Å²) in [5, 5.41) is 11.5. The number of ketones is 1. The minimum Gasteiger partial charge on any atom is -0.507 e. The normalized spacial score (nSPS) is 16.7. The fourth-order valence-electron chi connectivity index (χ4n) is 4.65. The van der Waals surface area contributed by atoms with Gasteiger partial charge in [0.2, 0.25) is 0 Å². The molecule has 0 aliphatic carbocycles. The van der Waals surface area contributed by atoms with Crippen molar-refractivity contribution >= 4 is 17.4 Å². The Kier molecular flexibility index (Phi) is 9.27. The molecular weight excluding hydrogens is 504 g/mol. The van der Waals surface area contributed by atoms with Crippen LogP contribution in [0.25, 0.3) is 5.76 Å². The lowest BCUT2D eigenvalue weighted by atomic mass is 9.94. The maximum atomic E-state index is 13.4. The Hall–Kier alpha value is -4.10. The van der Waals surface area contributed by atoms with Gasteiger partial charge >= 0.3 is 0 Å². The molecule has 0 aromatic heterocycles. The minimum absolute atomic E-state index is 0.0839. The van der Waals surface area contributed by atoms with Gasteiger partial charge in [0.25, 0.3) is 11.7 Å². The van der Waals surface area contributed by atoms with Gasteiger partial charge in [-0.1, -0.05) is 56.3 Å². The molecular formula is C33H38N2O5. The van der Waals surface area contributed by atoms with Crippen LogP contribution in [0.2, 0.25) is 0 Å². The Labute approximate surface area is 236 Å². The monoisotopic (exact) mass is 542 g/mol. The van der Waals surface area contributed by atoms with Gasteiger partial charge in [-0.25, -0.2) is 0 Å². The van der Waals surface area contributed by atoms with Gasteiger partial charge in [-0.15, -0.1) is 0 Å². The molecule has 40 heavy (non-hydrogen) atoms. The molecule has 0 radical (unpaired) electrons. The first-order valence-corrected chi connectivity index (χ1v) is 13.6. The first-order valence-electron chi connectivity index (χ1n) is 13.6. The molecule has 1 saturated heterocycles. The number of aliphatic hydroxyl groups excluding tert-OH is 1. The van der Waals surface area contributed by atoms with Crippen LogP contribution in [-0.4, -0.2) is 60.4 Å². The van der Waals surface area contributed by atoms with E-state index in [4.69, 9.17) is 9.47 Å². The van der Waals surface area contributed by atoms with Crippen molar-refractivity contribution in [3.63, 3.8) is 0 Å². The third-order valence-corrected chi connectivity index (χ3v) is 6.81. The van der Waals surface area contributed by atoms with Gasteiger partial charge in [-0.2, -0.15) is 0 Å². The molecule has 1 atom stereocenters.